The standard InChI is InChI=1S/C16H20N2O2S/c1-10(2)13-5-7-14(8-6-13)21-12(4)16(19)17-15-9-11(3)18-20-15/h5-10,12H,1-4H3,(H,17,19). The van der Waals surface area contributed by atoms with Crippen molar-refractivity contribution in [2.75, 3.05) is 5.32 Å². The van der Waals surface area contributed by atoms with Crippen molar-refractivity contribution in [2.24, 2.45) is 0 Å². The molecule has 1 N–H and O–H groups in total. The number of thioether (sulfide) groups is 1. The summed E-state index contributed by atoms with van der Waals surface area (Å²) in [5, 5.41) is 6.26. The summed E-state index contributed by atoms with van der Waals surface area (Å²) in [6.45, 7) is 8.02. The van der Waals surface area contributed by atoms with Gasteiger partial charge in [-0.3, -0.25) is 10.1 Å². The normalized spacial score (nSPS) is 12.4. The second-order valence-electron chi connectivity index (χ2n) is 5.31. The van der Waals surface area contributed by atoms with E-state index in [0.29, 0.717) is 11.8 Å². The number of rotatable bonds is 5. The molecule has 21 heavy (non-hydrogen) atoms. The van der Waals surface area contributed by atoms with Crippen LogP contribution in [0.1, 0.15) is 37.9 Å². The summed E-state index contributed by atoms with van der Waals surface area (Å²) in [7, 11) is 0. The number of nitrogens with one attached hydrogen (secondary N) is 1. The lowest BCUT2D eigenvalue weighted by Crippen LogP contribution is -2.22. The summed E-state index contributed by atoms with van der Waals surface area (Å²) in [5.74, 6) is 0.809. The van der Waals surface area contributed by atoms with Crippen LogP contribution in [0, 0.1) is 6.92 Å². The van der Waals surface area contributed by atoms with Gasteiger partial charge in [-0.15, -0.1) is 11.8 Å². The minimum atomic E-state index is -0.208. The highest BCUT2D eigenvalue weighted by Gasteiger charge is 2.16. The van der Waals surface area contributed by atoms with E-state index in [9.17, 15) is 4.79 Å². The molecule has 5 heteroatoms. The van der Waals surface area contributed by atoms with Gasteiger partial charge in [0.2, 0.25) is 11.8 Å². The first-order chi connectivity index (χ1) is 9.95. The van der Waals surface area contributed by atoms with Crippen molar-refractivity contribution < 1.29 is 9.32 Å². The molecule has 0 radical (unpaired) electrons. The first kappa shape index (κ1) is 15.6. The van der Waals surface area contributed by atoms with E-state index in [-0.39, 0.29) is 11.2 Å². The van der Waals surface area contributed by atoms with E-state index in [1.165, 1.54) is 17.3 Å². The molecule has 1 aromatic heterocycles. The van der Waals surface area contributed by atoms with Crippen LogP contribution in [0.5, 0.6) is 0 Å². The molecule has 0 saturated carbocycles. The van der Waals surface area contributed by atoms with Crippen LogP contribution < -0.4 is 5.32 Å². The molecule has 0 spiro atoms. The number of nitrogens with zero attached hydrogens (tertiary/aromatic N) is 1. The molecule has 0 aliphatic heterocycles. The minimum Gasteiger partial charge on any atom is -0.338 e. The predicted molar refractivity (Wildman–Crippen MR) is 85.7 cm³/mol. The highest BCUT2D eigenvalue weighted by atomic mass is 32.2. The number of amides is 1. The smallest absolute Gasteiger partial charge is 0.239 e. The highest BCUT2D eigenvalue weighted by Crippen LogP contribution is 2.26. The van der Waals surface area contributed by atoms with Crippen molar-refractivity contribution in [1.29, 1.82) is 0 Å². The molecule has 1 heterocycles. The third-order valence-corrected chi connectivity index (χ3v) is 4.22. The second kappa shape index (κ2) is 6.80. The van der Waals surface area contributed by atoms with Gasteiger partial charge in [-0.25, -0.2) is 0 Å². The third kappa shape index (κ3) is 4.36. The lowest BCUT2D eigenvalue weighted by molar-refractivity contribution is -0.115. The lowest BCUT2D eigenvalue weighted by atomic mass is 10.0. The number of anilines is 1. The van der Waals surface area contributed by atoms with Gasteiger partial charge < -0.3 is 4.52 Å². The summed E-state index contributed by atoms with van der Waals surface area (Å²) < 4.78 is 4.99. The van der Waals surface area contributed by atoms with Crippen molar-refractivity contribution in [3.05, 3.63) is 41.6 Å². The van der Waals surface area contributed by atoms with Gasteiger partial charge in [-0.2, -0.15) is 0 Å². The van der Waals surface area contributed by atoms with E-state index in [1.54, 1.807) is 6.07 Å². The summed E-state index contributed by atoms with van der Waals surface area (Å²) in [5.41, 5.74) is 2.04. The monoisotopic (exact) mass is 304 g/mol. The van der Waals surface area contributed by atoms with Crippen LogP contribution in [-0.2, 0) is 4.79 Å². The van der Waals surface area contributed by atoms with E-state index in [0.717, 1.165) is 10.6 Å². The van der Waals surface area contributed by atoms with Crippen LogP contribution in [0.4, 0.5) is 5.88 Å². The maximum absolute atomic E-state index is 12.1. The fraction of sp³-hybridized carbons (Fsp3) is 0.375. The number of aryl methyl sites for hydroxylation is 1. The van der Waals surface area contributed by atoms with Gasteiger partial charge in [-0.05, 0) is 37.5 Å². The molecule has 0 fully saturated rings. The Kier molecular flexibility index (Phi) is 5.07. The molecule has 0 saturated heterocycles. The first-order valence-electron chi connectivity index (χ1n) is 6.96. The Morgan fingerprint density at radius 2 is 1.90 bits per heavy atom. The molecule has 0 aliphatic rings. The zero-order valence-corrected chi connectivity index (χ0v) is 13.5. The topological polar surface area (TPSA) is 55.1 Å². The molecule has 1 unspecified atom stereocenters. The number of aromatic nitrogens is 1. The quantitative estimate of drug-likeness (QED) is 0.840. The van der Waals surface area contributed by atoms with E-state index in [2.05, 4.69) is 48.6 Å². The summed E-state index contributed by atoms with van der Waals surface area (Å²) in [6, 6.07) is 10.0. The molecule has 0 aliphatic carbocycles. The average Bonchev–Trinajstić information content (AvgIpc) is 2.84. The van der Waals surface area contributed by atoms with Crippen LogP contribution in [0.3, 0.4) is 0 Å². The molecular formula is C16H20N2O2S. The van der Waals surface area contributed by atoms with E-state index >= 15 is 0 Å². The highest BCUT2D eigenvalue weighted by molar-refractivity contribution is 8.00. The predicted octanol–water partition coefficient (Wildman–Crippen LogP) is 4.23. The number of carbonyl (C=O) groups is 1. The van der Waals surface area contributed by atoms with Crippen molar-refractivity contribution in [2.45, 2.75) is 43.8 Å². The summed E-state index contributed by atoms with van der Waals surface area (Å²) in [6.07, 6.45) is 0. The van der Waals surface area contributed by atoms with Gasteiger partial charge >= 0.3 is 0 Å². The van der Waals surface area contributed by atoms with Crippen LogP contribution >= 0.6 is 11.8 Å². The molecule has 2 rings (SSSR count). The Morgan fingerprint density at radius 1 is 1.24 bits per heavy atom. The van der Waals surface area contributed by atoms with Crippen LogP contribution in [0.15, 0.2) is 39.8 Å². The number of hydrogen-bond donors (Lipinski definition) is 1. The van der Waals surface area contributed by atoms with Gasteiger partial charge in [0.1, 0.15) is 0 Å². The molecule has 2 aromatic rings. The molecule has 1 amide bonds. The summed E-state index contributed by atoms with van der Waals surface area (Å²) in [4.78, 5) is 13.2. The van der Waals surface area contributed by atoms with Crippen molar-refractivity contribution in [3.8, 4) is 0 Å². The Bertz CT molecular complexity index is 605. The van der Waals surface area contributed by atoms with Gasteiger partial charge in [0.05, 0.1) is 10.9 Å². The Labute approximate surface area is 129 Å². The van der Waals surface area contributed by atoms with E-state index in [1.807, 2.05) is 13.8 Å². The van der Waals surface area contributed by atoms with Gasteiger partial charge in [0.25, 0.3) is 0 Å². The maximum Gasteiger partial charge on any atom is 0.239 e. The molecule has 1 atom stereocenters. The molecule has 4 nitrogen and oxygen atoms in total. The van der Waals surface area contributed by atoms with Crippen molar-refractivity contribution in [3.63, 3.8) is 0 Å². The first-order valence-corrected chi connectivity index (χ1v) is 7.84. The third-order valence-electron chi connectivity index (χ3n) is 3.10. The van der Waals surface area contributed by atoms with Crippen molar-refractivity contribution >= 4 is 23.6 Å². The molecule has 0 bridgehead atoms. The zero-order chi connectivity index (χ0) is 15.4. The maximum atomic E-state index is 12.1. The fourth-order valence-corrected chi connectivity index (χ4v) is 2.70. The van der Waals surface area contributed by atoms with Gasteiger partial charge in [0.15, 0.2) is 0 Å². The SMILES string of the molecule is Cc1cc(NC(=O)C(C)Sc2ccc(C(C)C)cc2)on1. The van der Waals surface area contributed by atoms with Gasteiger partial charge in [0, 0.05) is 11.0 Å². The zero-order valence-electron chi connectivity index (χ0n) is 12.7. The molecule has 1 aromatic carbocycles. The van der Waals surface area contributed by atoms with Crippen LogP contribution in [0.2, 0.25) is 0 Å². The van der Waals surface area contributed by atoms with Gasteiger partial charge in [-0.1, -0.05) is 31.1 Å². The Hall–Kier alpha value is -1.75. The lowest BCUT2D eigenvalue weighted by Gasteiger charge is -2.11. The molecular weight excluding hydrogens is 284 g/mol. The minimum absolute atomic E-state index is 0.0934. The number of benzene rings is 1. The Balaban J connectivity index is 1.93. The van der Waals surface area contributed by atoms with E-state index < -0.39 is 0 Å². The summed E-state index contributed by atoms with van der Waals surface area (Å²) >= 11 is 1.52. The van der Waals surface area contributed by atoms with Crippen LogP contribution in [0.25, 0.3) is 0 Å². The second-order valence-corrected chi connectivity index (χ2v) is 6.72. The number of hydrogen-bond acceptors (Lipinski definition) is 4. The average molecular weight is 304 g/mol. The van der Waals surface area contributed by atoms with E-state index in [4.69, 9.17) is 4.52 Å². The van der Waals surface area contributed by atoms with Crippen molar-refractivity contribution in [1.82, 2.24) is 5.16 Å². The Morgan fingerprint density at radius 3 is 2.43 bits per heavy atom. The number of carbonyl (C=O) groups excluding carboxylic acids is 1. The fourth-order valence-electron chi connectivity index (χ4n) is 1.83. The largest absolute Gasteiger partial charge is 0.338 e. The van der Waals surface area contributed by atoms with Crippen LogP contribution in [-0.4, -0.2) is 16.3 Å². The molecule has 112 valence electrons.